The lowest BCUT2D eigenvalue weighted by Gasteiger charge is -2.22. The molecule has 1 saturated heterocycles. The summed E-state index contributed by atoms with van der Waals surface area (Å²) in [6.45, 7) is 4.69. The molecule has 1 fully saturated rings. The molecule has 26 heavy (non-hydrogen) atoms. The van der Waals surface area contributed by atoms with Crippen LogP contribution in [0.2, 0.25) is 0 Å². The predicted octanol–water partition coefficient (Wildman–Crippen LogP) is 3.72. The summed E-state index contributed by atoms with van der Waals surface area (Å²) >= 11 is 1.48. The Morgan fingerprint density at radius 2 is 2.08 bits per heavy atom. The predicted molar refractivity (Wildman–Crippen MR) is 98.7 cm³/mol. The van der Waals surface area contributed by atoms with Crippen LogP contribution >= 0.6 is 11.3 Å². The first-order valence-corrected chi connectivity index (χ1v) is 9.58. The molecule has 0 radical (unpaired) electrons. The average Bonchev–Trinajstić information content (AvgIpc) is 3.35. The normalized spacial score (nSPS) is 17.0. The minimum Gasteiger partial charge on any atom is -0.418 e. The van der Waals surface area contributed by atoms with Gasteiger partial charge in [0, 0.05) is 6.54 Å². The summed E-state index contributed by atoms with van der Waals surface area (Å²) in [5.74, 6) is 1.10. The van der Waals surface area contributed by atoms with Gasteiger partial charge in [-0.2, -0.15) is 0 Å². The fraction of sp³-hybridized carbons (Fsp3) is 0.368. The summed E-state index contributed by atoms with van der Waals surface area (Å²) in [5, 5.41) is 8.38. The number of likely N-dealkylation sites (tertiary alicyclic amines) is 1. The van der Waals surface area contributed by atoms with E-state index in [2.05, 4.69) is 15.2 Å². The first kappa shape index (κ1) is 16.9. The summed E-state index contributed by atoms with van der Waals surface area (Å²) in [4.78, 5) is 19.8. The second kappa shape index (κ2) is 6.99. The molecule has 0 aliphatic carbocycles. The van der Waals surface area contributed by atoms with Gasteiger partial charge in [0.2, 0.25) is 11.8 Å². The van der Waals surface area contributed by atoms with Crippen LogP contribution in [-0.4, -0.2) is 32.5 Å². The molecule has 1 aliphatic heterocycles. The summed E-state index contributed by atoms with van der Waals surface area (Å²) in [6, 6.07) is 7.95. The summed E-state index contributed by atoms with van der Waals surface area (Å²) < 4.78 is 5.89. The molecule has 7 heteroatoms. The maximum atomic E-state index is 12.8. The zero-order chi connectivity index (χ0) is 18.1. The van der Waals surface area contributed by atoms with Crippen molar-refractivity contribution < 1.29 is 9.21 Å². The molecular formula is C19H20N4O2S. The fourth-order valence-electron chi connectivity index (χ4n) is 3.27. The van der Waals surface area contributed by atoms with Gasteiger partial charge < -0.3 is 9.32 Å². The Bertz CT molecular complexity index is 916. The third-order valence-corrected chi connectivity index (χ3v) is 5.63. The van der Waals surface area contributed by atoms with Gasteiger partial charge in [-0.3, -0.25) is 4.79 Å². The number of nitrogens with zero attached hydrogens (tertiary/aromatic N) is 4. The molecule has 1 atom stereocenters. The largest absolute Gasteiger partial charge is 0.418 e. The van der Waals surface area contributed by atoms with Crippen LogP contribution in [0.15, 0.2) is 34.2 Å². The van der Waals surface area contributed by atoms with Gasteiger partial charge in [-0.05, 0) is 32.3 Å². The Kier molecular flexibility index (Phi) is 4.55. The van der Waals surface area contributed by atoms with E-state index in [1.807, 2.05) is 43.0 Å². The highest BCUT2D eigenvalue weighted by Crippen LogP contribution is 2.34. The zero-order valence-electron chi connectivity index (χ0n) is 14.8. The molecule has 1 aromatic carbocycles. The van der Waals surface area contributed by atoms with Gasteiger partial charge >= 0.3 is 0 Å². The summed E-state index contributed by atoms with van der Waals surface area (Å²) in [7, 11) is 0. The number of hydrogen-bond acceptors (Lipinski definition) is 6. The number of aryl methyl sites for hydroxylation is 2. The van der Waals surface area contributed by atoms with Crippen molar-refractivity contribution in [1.29, 1.82) is 0 Å². The van der Waals surface area contributed by atoms with Gasteiger partial charge in [0.1, 0.15) is 10.9 Å². The number of amides is 1. The number of hydrogen-bond donors (Lipinski definition) is 0. The van der Waals surface area contributed by atoms with Gasteiger partial charge in [0.05, 0.1) is 17.6 Å². The molecule has 0 spiro atoms. The van der Waals surface area contributed by atoms with Crippen molar-refractivity contribution in [2.45, 2.75) is 39.2 Å². The molecular weight excluding hydrogens is 348 g/mol. The molecule has 134 valence electrons. The molecule has 2 aromatic heterocycles. The number of rotatable bonds is 4. The quantitative estimate of drug-likeness (QED) is 0.702. The number of aromatic nitrogens is 3. The third-order valence-electron chi connectivity index (χ3n) is 4.71. The number of carbonyl (C=O) groups is 1. The molecule has 4 rings (SSSR count). The van der Waals surface area contributed by atoms with Crippen molar-refractivity contribution in [1.82, 2.24) is 20.1 Å². The minimum absolute atomic E-state index is 0.102. The van der Waals surface area contributed by atoms with Gasteiger partial charge in [0.15, 0.2) is 0 Å². The zero-order valence-corrected chi connectivity index (χ0v) is 15.6. The molecule has 1 aliphatic rings. The van der Waals surface area contributed by atoms with Gasteiger partial charge in [-0.25, -0.2) is 4.98 Å². The van der Waals surface area contributed by atoms with Crippen LogP contribution in [0.25, 0.3) is 10.8 Å². The smallest absolute Gasteiger partial charge is 0.259 e. The van der Waals surface area contributed by atoms with Crippen LogP contribution in [0.3, 0.4) is 0 Å². The summed E-state index contributed by atoms with van der Waals surface area (Å²) in [6.07, 6.45) is 2.19. The van der Waals surface area contributed by atoms with E-state index in [0.717, 1.165) is 35.5 Å². The van der Waals surface area contributed by atoms with Crippen LogP contribution in [-0.2, 0) is 11.2 Å². The first-order valence-electron chi connectivity index (χ1n) is 8.70. The Morgan fingerprint density at radius 1 is 1.27 bits per heavy atom. The molecule has 0 saturated carbocycles. The van der Waals surface area contributed by atoms with E-state index < -0.39 is 0 Å². The van der Waals surface area contributed by atoms with E-state index in [1.54, 1.807) is 5.51 Å². The van der Waals surface area contributed by atoms with E-state index in [4.69, 9.17) is 4.42 Å². The van der Waals surface area contributed by atoms with Crippen LogP contribution in [0.1, 0.15) is 41.6 Å². The molecule has 6 nitrogen and oxygen atoms in total. The average molecular weight is 368 g/mol. The third kappa shape index (κ3) is 3.26. The summed E-state index contributed by atoms with van der Waals surface area (Å²) in [5.41, 5.74) is 4.86. The molecule has 3 aromatic rings. The maximum absolute atomic E-state index is 12.8. The number of thiazole rings is 1. The van der Waals surface area contributed by atoms with Gasteiger partial charge in [0.25, 0.3) is 5.89 Å². The molecule has 0 N–H and O–H groups in total. The van der Waals surface area contributed by atoms with Crippen molar-refractivity contribution in [3.63, 3.8) is 0 Å². The van der Waals surface area contributed by atoms with Crippen molar-refractivity contribution in [3.8, 4) is 10.8 Å². The van der Waals surface area contributed by atoms with E-state index in [1.165, 1.54) is 16.9 Å². The lowest BCUT2D eigenvalue weighted by Crippen LogP contribution is -2.32. The first-order chi connectivity index (χ1) is 12.6. The molecule has 0 unspecified atom stereocenters. The second-order valence-electron chi connectivity index (χ2n) is 6.62. The standard InChI is InChI=1S/C19H20N4O2S/c1-12-5-7-14(8-6-12)10-16(24)23-9-3-4-15(23)18-21-22-19(25-18)17-13(2)20-11-26-17/h5-8,11,15H,3-4,9-10H2,1-2H3/t15-/m0/s1. The van der Waals surface area contributed by atoms with Crippen molar-refractivity contribution in [2.75, 3.05) is 6.54 Å². The molecule has 3 heterocycles. The Balaban J connectivity index is 1.51. The minimum atomic E-state index is -0.137. The highest BCUT2D eigenvalue weighted by molar-refractivity contribution is 7.13. The van der Waals surface area contributed by atoms with E-state index in [-0.39, 0.29) is 11.9 Å². The van der Waals surface area contributed by atoms with Gasteiger partial charge in [-0.1, -0.05) is 29.8 Å². The fourth-order valence-corrected chi connectivity index (χ4v) is 4.00. The Morgan fingerprint density at radius 3 is 2.81 bits per heavy atom. The monoisotopic (exact) mass is 368 g/mol. The lowest BCUT2D eigenvalue weighted by molar-refractivity contribution is -0.131. The highest BCUT2D eigenvalue weighted by atomic mass is 32.1. The van der Waals surface area contributed by atoms with E-state index in [9.17, 15) is 4.79 Å². The highest BCUT2D eigenvalue weighted by Gasteiger charge is 2.34. The Labute approximate surface area is 155 Å². The molecule has 0 bridgehead atoms. The SMILES string of the molecule is Cc1ccc(CC(=O)N2CCC[C@H]2c2nnc(-c3scnc3C)o2)cc1. The van der Waals surface area contributed by atoms with Crippen molar-refractivity contribution in [3.05, 3.63) is 52.5 Å². The van der Waals surface area contributed by atoms with E-state index in [0.29, 0.717) is 18.2 Å². The molecule has 1 amide bonds. The lowest BCUT2D eigenvalue weighted by atomic mass is 10.1. The van der Waals surface area contributed by atoms with Crippen LogP contribution in [0.4, 0.5) is 0 Å². The Hall–Kier alpha value is -2.54. The van der Waals surface area contributed by atoms with Crippen LogP contribution in [0, 0.1) is 13.8 Å². The van der Waals surface area contributed by atoms with Crippen LogP contribution in [0.5, 0.6) is 0 Å². The van der Waals surface area contributed by atoms with Gasteiger partial charge in [-0.15, -0.1) is 21.5 Å². The number of carbonyl (C=O) groups excluding carboxylic acids is 1. The number of benzene rings is 1. The van der Waals surface area contributed by atoms with Crippen molar-refractivity contribution in [2.24, 2.45) is 0 Å². The van der Waals surface area contributed by atoms with Crippen LogP contribution < -0.4 is 0 Å². The maximum Gasteiger partial charge on any atom is 0.259 e. The topological polar surface area (TPSA) is 72.1 Å². The second-order valence-corrected chi connectivity index (χ2v) is 7.47. The van der Waals surface area contributed by atoms with E-state index >= 15 is 0 Å². The van der Waals surface area contributed by atoms with Crippen molar-refractivity contribution >= 4 is 17.2 Å².